The molecule has 0 bridgehead atoms. The Labute approximate surface area is 115 Å². The monoisotopic (exact) mass is 264 g/mol. The third-order valence-corrected chi connectivity index (χ3v) is 5.14. The largest absolute Gasteiger partial charge is 0.490 e. The number of ether oxygens (including phenoxy) is 2. The predicted molar refractivity (Wildman–Crippen MR) is 72.4 cm³/mol. The Bertz CT molecular complexity index is 387. The molecule has 2 aliphatic carbocycles. The molecule has 1 aliphatic heterocycles. The molecule has 0 N–H and O–H groups in total. The average Bonchev–Trinajstić information content (AvgIpc) is 2.59. The third kappa shape index (κ3) is 2.17. The summed E-state index contributed by atoms with van der Waals surface area (Å²) in [5.74, 6) is 1.84. The van der Waals surface area contributed by atoms with Gasteiger partial charge in [-0.25, -0.2) is 4.79 Å². The summed E-state index contributed by atoms with van der Waals surface area (Å²) in [4.78, 5) is 11.6. The molecular weight excluding hydrogens is 240 g/mol. The number of hydrogen-bond acceptors (Lipinski definition) is 3. The van der Waals surface area contributed by atoms with Crippen LogP contribution in [0.5, 0.6) is 0 Å². The summed E-state index contributed by atoms with van der Waals surface area (Å²) in [5, 5.41) is 0. The molecule has 1 heterocycles. The van der Waals surface area contributed by atoms with Crippen LogP contribution in [0.2, 0.25) is 0 Å². The van der Waals surface area contributed by atoms with Gasteiger partial charge in [0.15, 0.2) is 0 Å². The van der Waals surface area contributed by atoms with Crippen LogP contribution in [-0.2, 0) is 14.3 Å². The topological polar surface area (TPSA) is 35.5 Å². The first kappa shape index (κ1) is 13.0. The molecule has 1 spiro atoms. The zero-order chi connectivity index (χ0) is 13.3. The molecule has 1 saturated heterocycles. The van der Waals surface area contributed by atoms with Gasteiger partial charge in [-0.1, -0.05) is 19.3 Å². The number of hydrogen-bond donors (Lipinski definition) is 0. The van der Waals surface area contributed by atoms with Crippen molar-refractivity contribution in [2.45, 2.75) is 63.9 Å². The van der Waals surface area contributed by atoms with Crippen molar-refractivity contribution in [3.63, 3.8) is 0 Å². The molecule has 3 heteroatoms. The van der Waals surface area contributed by atoms with Crippen molar-refractivity contribution < 1.29 is 14.3 Å². The predicted octanol–water partition coefficient (Wildman–Crippen LogP) is 3.58. The van der Waals surface area contributed by atoms with Crippen molar-refractivity contribution in [3.05, 3.63) is 11.8 Å². The van der Waals surface area contributed by atoms with E-state index in [0.717, 1.165) is 5.76 Å². The average molecular weight is 264 g/mol. The van der Waals surface area contributed by atoms with Crippen molar-refractivity contribution in [3.8, 4) is 0 Å². The van der Waals surface area contributed by atoms with Crippen molar-refractivity contribution in [2.75, 3.05) is 6.61 Å². The summed E-state index contributed by atoms with van der Waals surface area (Å²) >= 11 is 0. The molecular formula is C16H24O3. The Morgan fingerprint density at radius 1 is 1.32 bits per heavy atom. The lowest BCUT2D eigenvalue weighted by molar-refractivity contribution is -0.202. The van der Waals surface area contributed by atoms with Crippen molar-refractivity contribution in [1.29, 1.82) is 0 Å². The third-order valence-electron chi connectivity index (χ3n) is 5.14. The van der Waals surface area contributed by atoms with Crippen LogP contribution in [0, 0.1) is 11.8 Å². The Balaban J connectivity index is 1.76. The van der Waals surface area contributed by atoms with E-state index in [1.807, 2.05) is 6.92 Å². The van der Waals surface area contributed by atoms with Crippen molar-refractivity contribution in [1.82, 2.24) is 0 Å². The molecule has 3 nitrogen and oxygen atoms in total. The summed E-state index contributed by atoms with van der Waals surface area (Å²) in [6, 6.07) is 0. The van der Waals surface area contributed by atoms with Crippen LogP contribution in [-0.4, -0.2) is 18.2 Å². The van der Waals surface area contributed by atoms with E-state index in [2.05, 4.69) is 0 Å². The fraction of sp³-hybridized carbons (Fsp3) is 0.812. The highest BCUT2D eigenvalue weighted by atomic mass is 16.5. The van der Waals surface area contributed by atoms with Crippen LogP contribution in [0.15, 0.2) is 11.8 Å². The van der Waals surface area contributed by atoms with Gasteiger partial charge in [-0.2, -0.15) is 0 Å². The molecule has 0 amide bonds. The quantitative estimate of drug-likeness (QED) is 0.565. The summed E-state index contributed by atoms with van der Waals surface area (Å²) in [6.45, 7) is 2.27. The van der Waals surface area contributed by atoms with Gasteiger partial charge >= 0.3 is 5.97 Å². The van der Waals surface area contributed by atoms with Crippen LogP contribution in [0.4, 0.5) is 0 Å². The Morgan fingerprint density at radius 3 is 3.00 bits per heavy atom. The highest BCUT2D eigenvalue weighted by Gasteiger charge is 2.59. The second-order valence-electron chi connectivity index (χ2n) is 6.14. The lowest BCUT2D eigenvalue weighted by atomic mass is 9.61. The first-order valence-electron chi connectivity index (χ1n) is 7.83. The van der Waals surface area contributed by atoms with Crippen LogP contribution < -0.4 is 0 Å². The normalized spacial score (nSPS) is 39.3. The van der Waals surface area contributed by atoms with E-state index in [1.165, 1.54) is 51.4 Å². The molecule has 0 aromatic carbocycles. The van der Waals surface area contributed by atoms with E-state index in [4.69, 9.17) is 9.47 Å². The minimum Gasteiger partial charge on any atom is -0.490 e. The van der Waals surface area contributed by atoms with E-state index >= 15 is 0 Å². The maximum atomic E-state index is 11.6. The second kappa shape index (κ2) is 5.18. The highest BCUT2D eigenvalue weighted by molar-refractivity contribution is 5.82. The Morgan fingerprint density at radius 2 is 2.16 bits per heavy atom. The van der Waals surface area contributed by atoms with Gasteiger partial charge in [-0.3, -0.25) is 0 Å². The fourth-order valence-electron chi connectivity index (χ4n) is 4.33. The minimum absolute atomic E-state index is 0.0765. The molecule has 1 unspecified atom stereocenters. The maximum Gasteiger partial charge on any atom is 0.334 e. The van der Waals surface area contributed by atoms with Gasteiger partial charge in [0.1, 0.15) is 11.4 Å². The molecule has 19 heavy (non-hydrogen) atoms. The Hall–Kier alpha value is -0.990. The summed E-state index contributed by atoms with van der Waals surface area (Å²) in [5.41, 5.74) is 0.0765. The number of carbonyl (C=O) groups is 1. The zero-order valence-electron chi connectivity index (χ0n) is 11.8. The van der Waals surface area contributed by atoms with Crippen molar-refractivity contribution >= 4 is 5.97 Å². The van der Waals surface area contributed by atoms with E-state index in [-0.39, 0.29) is 11.6 Å². The van der Waals surface area contributed by atoms with Gasteiger partial charge in [0.25, 0.3) is 0 Å². The van der Waals surface area contributed by atoms with Crippen LogP contribution in [0.3, 0.4) is 0 Å². The first-order valence-corrected chi connectivity index (χ1v) is 7.83. The first-order chi connectivity index (χ1) is 9.26. The second-order valence-corrected chi connectivity index (χ2v) is 6.14. The summed E-state index contributed by atoms with van der Waals surface area (Å²) in [7, 11) is 0. The van der Waals surface area contributed by atoms with Crippen molar-refractivity contribution in [2.24, 2.45) is 11.8 Å². The molecule has 0 radical (unpaired) electrons. The maximum absolute atomic E-state index is 11.6. The summed E-state index contributed by atoms with van der Waals surface area (Å²) < 4.78 is 11.2. The zero-order valence-corrected chi connectivity index (χ0v) is 11.8. The van der Waals surface area contributed by atoms with E-state index in [0.29, 0.717) is 18.4 Å². The molecule has 106 valence electrons. The lowest BCUT2D eigenvalue weighted by Crippen LogP contribution is -2.58. The number of esters is 1. The molecule has 2 saturated carbocycles. The fourth-order valence-corrected chi connectivity index (χ4v) is 4.33. The number of carbonyl (C=O) groups excluding carboxylic acids is 1. The Kier molecular flexibility index (Phi) is 3.55. The van der Waals surface area contributed by atoms with Gasteiger partial charge in [0.2, 0.25) is 0 Å². The molecule has 3 fully saturated rings. The van der Waals surface area contributed by atoms with E-state index < -0.39 is 0 Å². The van der Waals surface area contributed by atoms with Gasteiger partial charge in [-0.15, -0.1) is 0 Å². The molecule has 0 aromatic heterocycles. The smallest absolute Gasteiger partial charge is 0.334 e. The van der Waals surface area contributed by atoms with Crippen LogP contribution >= 0.6 is 0 Å². The van der Waals surface area contributed by atoms with Crippen LogP contribution in [0.1, 0.15) is 58.3 Å². The van der Waals surface area contributed by atoms with Gasteiger partial charge in [0.05, 0.1) is 18.6 Å². The lowest BCUT2D eigenvalue weighted by Gasteiger charge is -2.58. The highest BCUT2D eigenvalue weighted by Crippen LogP contribution is 2.58. The molecule has 0 aromatic rings. The minimum atomic E-state index is -0.247. The molecule has 3 atom stereocenters. The van der Waals surface area contributed by atoms with E-state index in [9.17, 15) is 4.79 Å². The van der Waals surface area contributed by atoms with Crippen LogP contribution in [0.25, 0.3) is 0 Å². The van der Waals surface area contributed by atoms with Gasteiger partial charge in [0, 0.05) is 0 Å². The number of rotatable bonds is 2. The van der Waals surface area contributed by atoms with Gasteiger partial charge < -0.3 is 9.47 Å². The van der Waals surface area contributed by atoms with E-state index in [1.54, 1.807) is 6.08 Å². The standard InChI is InChI=1S/C16H24O3/c1-2-18-15(17)11-14-13-9-6-8-12-7-4-3-5-10-16(12,13)19-14/h11-13H,2-10H2,1H3/b14-11+/t12?,13-,16-/m1/s1. The molecule has 3 aliphatic rings. The summed E-state index contributed by atoms with van der Waals surface area (Å²) in [6.07, 6.45) is 11.8. The van der Waals surface area contributed by atoms with Gasteiger partial charge in [-0.05, 0) is 44.9 Å². The SMILES string of the molecule is CCOC(=O)/C=C1/O[C@]23CCCCCC2CCC[C@H]13. The molecule has 3 rings (SSSR count).